The molecule has 102 valence electrons. The van der Waals surface area contributed by atoms with Crippen molar-refractivity contribution < 1.29 is 12.8 Å². The Bertz CT molecular complexity index is 548. The molecular formula is C11H16BrFN2O2S. The molecule has 7 heteroatoms. The van der Waals surface area contributed by atoms with Crippen LogP contribution < -0.4 is 5.73 Å². The average Bonchev–Trinajstić information content (AvgIpc) is 2.31. The fraction of sp³-hybridized carbons (Fsp3) is 0.455. The highest BCUT2D eigenvalue weighted by Crippen LogP contribution is 2.28. The highest BCUT2D eigenvalue weighted by atomic mass is 79.9. The van der Waals surface area contributed by atoms with E-state index in [4.69, 9.17) is 5.73 Å². The van der Waals surface area contributed by atoms with Crippen molar-refractivity contribution in [2.75, 3.05) is 12.8 Å². The van der Waals surface area contributed by atoms with E-state index < -0.39 is 20.7 Å². The van der Waals surface area contributed by atoms with Crippen LogP contribution in [-0.4, -0.2) is 25.8 Å². The summed E-state index contributed by atoms with van der Waals surface area (Å²) in [5, 5.41) is 0. The van der Waals surface area contributed by atoms with Crippen molar-refractivity contribution in [1.29, 1.82) is 0 Å². The highest BCUT2D eigenvalue weighted by molar-refractivity contribution is 9.10. The summed E-state index contributed by atoms with van der Waals surface area (Å²) in [7, 11) is -2.43. The SMILES string of the molecule is CCC(C)N(C)S(=O)(=O)c1cc(N)c(Br)cc1F. The van der Waals surface area contributed by atoms with Gasteiger partial charge in [-0.25, -0.2) is 12.8 Å². The normalized spacial score (nSPS) is 13.9. The number of anilines is 1. The molecule has 0 saturated carbocycles. The maximum Gasteiger partial charge on any atom is 0.246 e. The van der Waals surface area contributed by atoms with E-state index in [0.717, 1.165) is 16.4 Å². The van der Waals surface area contributed by atoms with Gasteiger partial charge in [0.15, 0.2) is 0 Å². The van der Waals surface area contributed by atoms with Crippen LogP contribution in [0.1, 0.15) is 20.3 Å². The fourth-order valence-electron chi connectivity index (χ4n) is 1.39. The summed E-state index contributed by atoms with van der Waals surface area (Å²) in [6.07, 6.45) is 0.642. The molecule has 18 heavy (non-hydrogen) atoms. The van der Waals surface area contributed by atoms with Gasteiger partial charge in [-0.05, 0) is 41.4 Å². The Morgan fingerprint density at radius 2 is 2.06 bits per heavy atom. The van der Waals surface area contributed by atoms with Crippen molar-refractivity contribution in [2.45, 2.75) is 31.2 Å². The zero-order valence-corrected chi connectivity index (χ0v) is 12.8. The van der Waals surface area contributed by atoms with Crippen LogP contribution >= 0.6 is 15.9 Å². The number of benzene rings is 1. The van der Waals surface area contributed by atoms with Gasteiger partial charge in [-0.1, -0.05) is 6.92 Å². The summed E-state index contributed by atoms with van der Waals surface area (Å²) in [5.74, 6) is -0.814. The van der Waals surface area contributed by atoms with Gasteiger partial charge in [-0.15, -0.1) is 0 Å². The van der Waals surface area contributed by atoms with Crippen molar-refractivity contribution in [2.24, 2.45) is 0 Å². The van der Waals surface area contributed by atoms with E-state index in [1.54, 1.807) is 6.92 Å². The first kappa shape index (κ1) is 15.4. The van der Waals surface area contributed by atoms with Gasteiger partial charge in [0.25, 0.3) is 0 Å². The lowest BCUT2D eigenvalue weighted by Crippen LogP contribution is -2.35. The Morgan fingerprint density at radius 1 is 1.50 bits per heavy atom. The van der Waals surface area contributed by atoms with E-state index in [1.807, 2.05) is 6.92 Å². The topological polar surface area (TPSA) is 63.4 Å². The Morgan fingerprint density at radius 3 is 2.56 bits per heavy atom. The van der Waals surface area contributed by atoms with Crippen molar-refractivity contribution in [1.82, 2.24) is 4.31 Å². The minimum absolute atomic E-state index is 0.188. The molecular weight excluding hydrogens is 323 g/mol. The van der Waals surface area contributed by atoms with Gasteiger partial charge < -0.3 is 5.73 Å². The Hall–Kier alpha value is -0.660. The molecule has 0 heterocycles. The van der Waals surface area contributed by atoms with Gasteiger partial charge in [-0.3, -0.25) is 0 Å². The summed E-state index contributed by atoms with van der Waals surface area (Å²) in [6.45, 7) is 3.63. The lowest BCUT2D eigenvalue weighted by molar-refractivity contribution is 0.378. The monoisotopic (exact) mass is 338 g/mol. The van der Waals surface area contributed by atoms with Gasteiger partial charge in [0.2, 0.25) is 10.0 Å². The molecule has 1 unspecified atom stereocenters. The van der Waals surface area contributed by atoms with Crippen LogP contribution in [0.3, 0.4) is 0 Å². The zero-order chi connectivity index (χ0) is 14.1. The summed E-state index contributed by atoms with van der Waals surface area (Å²) in [5.41, 5.74) is 5.79. The molecule has 4 nitrogen and oxygen atoms in total. The number of nitrogens with two attached hydrogens (primary N) is 1. The quantitative estimate of drug-likeness (QED) is 0.858. The summed E-state index contributed by atoms with van der Waals surface area (Å²) < 4.78 is 39.7. The van der Waals surface area contributed by atoms with Crippen LogP contribution in [0, 0.1) is 5.82 Å². The maximum absolute atomic E-state index is 13.8. The minimum Gasteiger partial charge on any atom is -0.398 e. The number of rotatable bonds is 4. The highest BCUT2D eigenvalue weighted by Gasteiger charge is 2.28. The maximum atomic E-state index is 13.8. The van der Waals surface area contributed by atoms with E-state index in [1.165, 1.54) is 7.05 Å². The molecule has 0 bridgehead atoms. The molecule has 0 aliphatic heterocycles. The lowest BCUT2D eigenvalue weighted by atomic mass is 10.3. The van der Waals surface area contributed by atoms with Gasteiger partial charge in [0.05, 0.1) is 0 Å². The van der Waals surface area contributed by atoms with Crippen molar-refractivity contribution >= 4 is 31.6 Å². The molecule has 0 aliphatic rings. The molecule has 0 aliphatic carbocycles. The van der Waals surface area contributed by atoms with Gasteiger partial charge in [-0.2, -0.15) is 4.31 Å². The molecule has 1 aromatic carbocycles. The minimum atomic E-state index is -3.86. The van der Waals surface area contributed by atoms with E-state index >= 15 is 0 Å². The van der Waals surface area contributed by atoms with Crippen molar-refractivity contribution in [3.63, 3.8) is 0 Å². The standard InChI is InChI=1S/C11H16BrFN2O2S/c1-4-7(2)15(3)18(16,17)11-6-10(14)8(12)5-9(11)13/h5-7H,4,14H2,1-3H3. The largest absolute Gasteiger partial charge is 0.398 e. The molecule has 0 amide bonds. The lowest BCUT2D eigenvalue weighted by Gasteiger charge is -2.23. The number of nitrogens with zero attached hydrogens (tertiary/aromatic N) is 1. The summed E-state index contributed by atoms with van der Waals surface area (Å²) >= 11 is 3.05. The number of hydrogen-bond donors (Lipinski definition) is 1. The smallest absolute Gasteiger partial charge is 0.246 e. The second-order valence-electron chi connectivity index (χ2n) is 4.08. The van der Waals surface area contributed by atoms with Crippen LogP contribution in [0.5, 0.6) is 0 Å². The first-order chi connectivity index (χ1) is 8.21. The molecule has 0 spiro atoms. The van der Waals surface area contributed by atoms with E-state index in [2.05, 4.69) is 15.9 Å². The number of hydrogen-bond acceptors (Lipinski definition) is 3. The first-order valence-corrected chi connectivity index (χ1v) is 7.67. The van der Waals surface area contributed by atoms with Crippen LogP contribution in [0.4, 0.5) is 10.1 Å². The Labute approximate surface area is 115 Å². The molecule has 0 saturated heterocycles. The second kappa shape index (κ2) is 5.54. The first-order valence-electron chi connectivity index (χ1n) is 5.44. The molecule has 1 aromatic rings. The number of halogens is 2. The molecule has 2 N–H and O–H groups in total. The third kappa shape index (κ3) is 2.84. The third-order valence-corrected chi connectivity index (χ3v) is 5.59. The number of sulfonamides is 1. The molecule has 1 atom stereocenters. The van der Waals surface area contributed by atoms with Crippen molar-refractivity contribution in [3.05, 3.63) is 22.4 Å². The van der Waals surface area contributed by atoms with Crippen molar-refractivity contribution in [3.8, 4) is 0 Å². The van der Waals surface area contributed by atoms with E-state index in [9.17, 15) is 12.8 Å². The predicted octanol–water partition coefficient (Wildman–Crippen LogP) is 2.59. The van der Waals surface area contributed by atoms with Gasteiger partial charge >= 0.3 is 0 Å². The molecule has 1 rings (SSSR count). The molecule has 0 radical (unpaired) electrons. The van der Waals surface area contributed by atoms with Gasteiger partial charge in [0.1, 0.15) is 10.7 Å². The third-order valence-electron chi connectivity index (χ3n) is 2.92. The van der Waals surface area contributed by atoms with Crippen LogP contribution in [0.15, 0.2) is 21.5 Å². The van der Waals surface area contributed by atoms with E-state index in [0.29, 0.717) is 10.9 Å². The fourth-order valence-corrected chi connectivity index (χ4v) is 3.22. The predicted molar refractivity (Wildman–Crippen MR) is 73.2 cm³/mol. The van der Waals surface area contributed by atoms with Crippen LogP contribution in [0.25, 0.3) is 0 Å². The van der Waals surface area contributed by atoms with Gasteiger partial charge in [0, 0.05) is 23.2 Å². The Balaban J connectivity index is 3.33. The summed E-state index contributed by atoms with van der Waals surface area (Å²) in [6, 6.07) is 1.99. The Kier molecular flexibility index (Phi) is 4.74. The molecule has 0 aromatic heterocycles. The average molecular weight is 339 g/mol. The summed E-state index contributed by atoms with van der Waals surface area (Å²) in [4.78, 5) is -0.397. The second-order valence-corrected chi connectivity index (χ2v) is 6.90. The molecule has 0 fully saturated rings. The van der Waals surface area contributed by atoms with Crippen LogP contribution in [-0.2, 0) is 10.0 Å². The zero-order valence-electron chi connectivity index (χ0n) is 10.4. The van der Waals surface area contributed by atoms with Crippen LogP contribution in [0.2, 0.25) is 0 Å². The van der Waals surface area contributed by atoms with E-state index in [-0.39, 0.29) is 11.7 Å². The number of nitrogen functional groups attached to an aromatic ring is 1.